The van der Waals surface area contributed by atoms with E-state index in [4.69, 9.17) is 0 Å². The van der Waals surface area contributed by atoms with Crippen LogP contribution in [0.25, 0.3) is 22.6 Å². The summed E-state index contributed by atoms with van der Waals surface area (Å²) in [5, 5.41) is 0. The first-order valence-electron chi connectivity index (χ1n) is 7.45. The number of aromatic amines is 1. The Morgan fingerprint density at radius 2 is 1.58 bits per heavy atom. The number of benzene rings is 2. The van der Waals surface area contributed by atoms with E-state index in [-0.39, 0.29) is 5.75 Å². The third kappa shape index (κ3) is 3.76. The largest absolute Gasteiger partial charge is 0.573 e. The fourth-order valence-electron chi connectivity index (χ4n) is 2.35. The van der Waals surface area contributed by atoms with Crippen LogP contribution in [-0.2, 0) is 6.42 Å². The minimum absolute atomic E-state index is 0.249. The lowest BCUT2D eigenvalue weighted by molar-refractivity contribution is -0.274. The van der Waals surface area contributed by atoms with Crippen molar-refractivity contribution in [2.75, 3.05) is 0 Å². The molecule has 0 aliphatic carbocycles. The molecule has 3 aromatic rings. The second kappa shape index (κ2) is 6.39. The number of imidazole rings is 1. The second-order valence-electron chi connectivity index (χ2n) is 5.27. The molecule has 124 valence electrons. The van der Waals surface area contributed by atoms with E-state index < -0.39 is 6.36 Å². The van der Waals surface area contributed by atoms with E-state index in [0.717, 1.165) is 23.2 Å². The zero-order valence-corrected chi connectivity index (χ0v) is 12.9. The maximum Gasteiger partial charge on any atom is 0.573 e. The van der Waals surface area contributed by atoms with Crippen molar-refractivity contribution in [3.8, 4) is 28.4 Å². The van der Waals surface area contributed by atoms with Crippen LogP contribution in [0.4, 0.5) is 13.2 Å². The highest BCUT2D eigenvalue weighted by Crippen LogP contribution is 2.27. The Morgan fingerprint density at radius 1 is 0.958 bits per heavy atom. The minimum Gasteiger partial charge on any atom is -0.406 e. The van der Waals surface area contributed by atoms with Crippen LogP contribution in [-0.4, -0.2) is 16.3 Å². The maximum absolute atomic E-state index is 12.2. The van der Waals surface area contributed by atoms with Gasteiger partial charge in [-0.2, -0.15) is 0 Å². The molecule has 3 nitrogen and oxygen atoms in total. The zero-order chi connectivity index (χ0) is 17.2. The number of alkyl halides is 3. The Hall–Kier alpha value is -2.76. The van der Waals surface area contributed by atoms with Crippen molar-refractivity contribution in [3.05, 3.63) is 60.3 Å². The molecule has 0 saturated carbocycles. The molecule has 0 fully saturated rings. The quantitative estimate of drug-likeness (QED) is 0.712. The Kier molecular flexibility index (Phi) is 4.29. The van der Waals surface area contributed by atoms with Gasteiger partial charge in [-0.15, -0.1) is 13.2 Å². The molecule has 0 aliphatic rings. The lowest BCUT2D eigenvalue weighted by atomic mass is 10.1. The van der Waals surface area contributed by atoms with Crippen molar-refractivity contribution >= 4 is 0 Å². The molecule has 0 spiro atoms. The number of halogens is 3. The van der Waals surface area contributed by atoms with Gasteiger partial charge in [-0.3, -0.25) is 0 Å². The maximum atomic E-state index is 12.2. The molecule has 3 rings (SSSR count). The highest BCUT2D eigenvalue weighted by Gasteiger charge is 2.30. The van der Waals surface area contributed by atoms with Gasteiger partial charge in [0.05, 0.1) is 11.9 Å². The van der Waals surface area contributed by atoms with Crippen LogP contribution in [0.2, 0.25) is 0 Å². The van der Waals surface area contributed by atoms with Gasteiger partial charge in [0.15, 0.2) is 0 Å². The summed E-state index contributed by atoms with van der Waals surface area (Å²) in [4.78, 5) is 7.51. The molecule has 1 aromatic heterocycles. The van der Waals surface area contributed by atoms with Gasteiger partial charge in [-0.25, -0.2) is 4.98 Å². The van der Waals surface area contributed by atoms with Gasteiger partial charge in [0.1, 0.15) is 11.6 Å². The number of ether oxygens (including phenoxy) is 1. The fraction of sp³-hybridized carbons (Fsp3) is 0.167. The zero-order valence-electron chi connectivity index (χ0n) is 12.9. The van der Waals surface area contributed by atoms with E-state index in [1.165, 1.54) is 17.7 Å². The molecule has 24 heavy (non-hydrogen) atoms. The van der Waals surface area contributed by atoms with E-state index in [9.17, 15) is 13.2 Å². The Balaban J connectivity index is 1.79. The van der Waals surface area contributed by atoms with Gasteiger partial charge in [0.25, 0.3) is 0 Å². The van der Waals surface area contributed by atoms with Crippen LogP contribution in [0.3, 0.4) is 0 Å². The van der Waals surface area contributed by atoms with Crippen LogP contribution in [0.5, 0.6) is 5.75 Å². The van der Waals surface area contributed by atoms with Crippen molar-refractivity contribution in [1.82, 2.24) is 9.97 Å². The molecule has 0 aliphatic heterocycles. The molecule has 0 radical (unpaired) electrons. The number of nitrogens with one attached hydrogen (secondary N) is 1. The topological polar surface area (TPSA) is 37.9 Å². The molecule has 6 heteroatoms. The first kappa shape index (κ1) is 16.1. The van der Waals surface area contributed by atoms with E-state index in [1.807, 2.05) is 24.3 Å². The smallest absolute Gasteiger partial charge is 0.406 e. The Labute approximate surface area is 137 Å². The summed E-state index contributed by atoms with van der Waals surface area (Å²) < 4.78 is 40.4. The summed E-state index contributed by atoms with van der Waals surface area (Å²) in [5.41, 5.74) is 3.65. The molecular weight excluding hydrogens is 317 g/mol. The molecule has 1 N–H and O–H groups in total. The summed E-state index contributed by atoms with van der Waals surface area (Å²) in [6, 6.07) is 13.7. The van der Waals surface area contributed by atoms with Crippen LogP contribution in [0.1, 0.15) is 12.5 Å². The molecular formula is C18H15F3N2O. The molecule has 0 amide bonds. The first-order valence-corrected chi connectivity index (χ1v) is 7.45. The summed E-state index contributed by atoms with van der Waals surface area (Å²) in [6.07, 6.45) is -2.06. The summed E-state index contributed by atoms with van der Waals surface area (Å²) in [7, 11) is 0. The number of rotatable bonds is 4. The highest BCUT2D eigenvalue weighted by molar-refractivity contribution is 5.65. The van der Waals surface area contributed by atoms with Crippen molar-refractivity contribution in [3.63, 3.8) is 0 Å². The lowest BCUT2D eigenvalue weighted by Crippen LogP contribution is -2.16. The Bertz CT molecular complexity index is 806. The molecule has 0 saturated heterocycles. The van der Waals surface area contributed by atoms with E-state index >= 15 is 0 Å². The molecule has 0 bridgehead atoms. The number of nitrogens with zero attached hydrogens (tertiary/aromatic N) is 1. The van der Waals surface area contributed by atoms with Gasteiger partial charge < -0.3 is 9.72 Å². The number of H-pyrrole nitrogens is 1. The average Bonchev–Trinajstić information content (AvgIpc) is 3.04. The van der Waals surface area contributed by atoms with E-state index in [2.05, 4.69) is 21.6 Å². The predicted molar refractivity (Wildman–Crippen MR) is 85.5 cm³/mol. The van der Waals surface area contributed by atoms with Gasteiger partial charge in [0.2, 0.25) is 0 Å². The van der Waals surface area contributed by atoms with Gasteiger partial charge in [-0.1, -0.05) is 31.2 Å². The molecule has 1 heterocycles. The molecule has 2 aromatic carbocycles. The van der Waals surface area contributed by atoms with Crippen molar-refractivity contribution in [2.24, 2.45) is 0 Å². The number of hydrogen-bond acceptors (Lipinski definition) is 2. The normalized spacial score (nSPS) is 11.5. The van der Waals surface area contributed by atoms with Crippen LogP contribution >= 0.6 is 0 Å². The van der Waals surface area contributed by atoms with Crippen molar-refractivity contribution < 1.29 is 17.9 Å². The van der Waals surface area contributed by atoms with Gasteiger partial charge in [-0.05, 0) is 41.8 Å². The van der Waals surface area contributed by atoms with Gasteiger partial charge in [0, 0.05) is 5.56 Å². The highest BCUT2D eigenvalue weighted by atomic mass is 19.4. The van der Waals surface area contributed by atoms with E-state index in [0.29, 0.717) is 5.82 Å². The monoisotopic (exact) mass is 332 g/mol. The third-order valence-corrected chi connectivity index (χ3v) is 3.61. The number of hydrogen-bond donors (Lipinski definition) is 1. The summed E-state index contributed by atoms with van der Waals surface area (Å²) >= 11 is 0. The predicted octanol–water partition coefficient (Wildman–Crippen LogP) is 5.20. The van der Waals surface area contributed by atoms with Gasteiger partial charge >= 0.3 is 6.36 Å². The number of aryl methyl sites for hydroxylation is 1. The van der Waals surface area contributed by atoms with Crippen molar-refractivity contribution in [2.45, 2.75) is 19.7 Å². The van der Waals surface area contributed by atoms with Crippen molar-refractivity contribution in [1.29, 1.82) is 0 Å². The first-order chi connectivity index (χ1) is 11.4. The number of aromatic nitrogens is 2. The second-order valence-corrected chi connectivity index (χ2v) is 5.27. The summed E-state index contributed by atoms with van der Waals surface area (Å²) in [6.45, 7) is 2.09. The van der Waals surface area contributed by atoms with Crippen LogP contribution in [0.15, 0.2) is 54.7 Å². The average molecular weight is 332 g/mol. The standard InChI is InChI=1S/C18H15F3N2O/c1-2-12-3-5-14(6-4-12)17-22-11-16(23-17)13-7-9-15(10-8-13)24-18(19,20)21/h3-11H,2H2,1H3,(H,22,23). The SMILES string of the molecule is CCc1ccc(-c2ncc(-c3ccc(OC(F)(F)F)cc3)[nH]2)cc1. The third-order valence-electron chi connectivity index (χ3n) is 3.61. The molecule has 0 atom stereocenters. The lowest BCUT2D eigenvalue weighted by Gasteiger charge is -2.08. The summed E-state index contributed by atoms with van der Waals surface area (Å²) in [5.74, 6) is 0.462. The molecule has 0 unspecified atom stereocenters. The Morgan fingerprint density at radius 3 is 2.17 bits per heavy atom. The van der Waals surface area contributed by atoms with Crippen LogP contribution < -0.4 is 4.74 Å². The van der Waals surface area contributed by atoms with E-state index in [1.54, 1.807) is 18.3 Å². The van der Waals surface area contributed by atoms with Crippen LogP contribution in [0, 0.1) is 0 Å². The fourth-order valence-corrected chi connectivity index (χ4v) is 2.35. The minimum atomic E-state index is -4.69.